The molecule has 0 aliphatic heterocycles. The first-order valence-corrected chi connectivity index (χ1v) is 6.98. The van der Waals surface area contributed by atoms with E-state index in [1.807, 2.05) is 6.07 Å². The quantitative estimate of drug-likeness (QED) is 0.779. The van der Waals surface area contributed by atoms with Gasteiger partial charge in [-0.2, -0.15) is 5.26 Å². The molecule has 0 aliphatic rings. The van der Waals surface area contributed by atoms with Crippen LogP contribution >= 0.6 is 0 Å². The van der Waals surface area contributed by atoms with Gasteiger partial charge in [0.2, 0.25) is 0 Å². The van der Waals surface area contributed by atoms with E-state index in [0.717, 1.165) is 43.4 Å². The predicted molar refractivity (Wildman–Crippen MR) is 78.3 cm³/mol. The van der Waals surface area contributed by atoms with E-state index in [9.17, 15) is 0 Å². The molecule has 104 valence electrons. The summed E-state index contributed by atoms with van der Waals surface area (Å²) in [6, 6.07) is 4.14. The van der Waals surface area contributed by atoms with Crippen molar-refractivity contribution in [1.82, 2.24) is 9.97 Å². The molecule has 1 N–H and O–H groups in total. The van der Waals surface area contributed by atoms with Gasteiger partial charge in [0.25, 0.3) is 0 Å². The van der Waals surface area contributed by atoms with Gasteiger partial charge in [0, 0.05) is 32.1 Å². The van der Waals surface area contributed by atoms with Crippen molar-refractivity contribution >= 4 is 11.6 Å². The lowest BCUT2D eigenvalue weighted by atomic mass is 10.3. The molecule has 1 aromatic heterocycles. The molecule has 0 saturated heterocycles. The van der Waals surface area contributed by atoms with E-state index in [1.165, 1.54) is 0 Å². The summed E-state index contributed by atoms with van der Waals surface area (Å²) >= 11 is 0. The monoisotopic (exact) mass is 261 g/mol. The van der Waals surface area contributed by atoms with Crippen LogP contribution in [-0.2, 0) is 6.42 Å². The molecule has 0 atom stereocenters. The van der Waals surface area contributed by atoms with Crippen molar-refractivity contribution in [3.05, 3.63) is 11.9 Å². The molecule has 1 aromatic rings. The van der Waals surface area contributed by atoms with Crippen LogP contribution in [0.4, 0.5) is 11.6 Å². The fourth-order valence-corrected chi connectivity index (χ4v) is 1.87. The lowest BCUT2D eigenvalue weighted by Crippen LogP contribution is -2.25. The fraction of sp³-hybridized carbons (Fsp3) is 0.643. The van der Waals surface area contributed by atoms with Crippen molar-refractivity contribution in [3.8, 4) is 6.07 Å². The SMILES string of the molecule is CCCc1nc(NCC)cc(N(CC)CCC#N)n1. The van der Waals surface area contributed by atoms with E-state index in [2.05, 4.69) is 47.0 Å². The normalized spacial score (nSPS) is 10.0. The summed E-state index contributed by atoms with van der Waals surface area (Å²) in [5.41, 5.74) is 0. The molecule has 19 heavy (non-hydrogen) atoms. The Morgan fingerprint density at radius 2 is 2.11 bits per heavy atom. The Labute approximate surface area is 115 Å². The number of hydrogen-bond acceptors (Lipinski definition) is 5. The van der Waals surface area contributed by atoms with Crippen LogP contribution in [-0.4, -0.2) is 29.6 Å². The molecule has 0 amide bonds. The minimum absolute atomic E-state index is 0.511. The summed E-state index contributed by atoms with van der Waals surface area (Å²) < 4.78 is 0. The Hall–Kier alpha value is -1.83. The molecule has 5 nitrogen and oxygen atoms in total. The van der Waals surface area contributed by atoms with E-state index in [4.69, 9.17) is 5.26 Å². The number of aromatic nitrogens is 2. The van der Waals surface area contributed by atoms with Gasteiger partial charge >= 0.3 is 0 Å². The second kappa shape index (κ2) is 8.30. The molecule has 0 fully saturated rings. The molecular formula is C14H23N5. The van der Waals surface area contributed by atoms with E-state index in [0.29, 0.717) is 13.0 Å². The minimum atomic E-state index is 0.511. The highest BCUT2D eigenvalue weighted by molar-refractivity contribution is 5.49. The third kappa shape index (κ3) is 4.74. The van der Waals surface area contributed by atoms with Crippen molar-refractivity contribution in [2.24, 2.45) is 0 Å². The highest BCUT2D eigenvalue weighted by Crippen LogP contribution is 2.17. The summed E-state index contributed by atoms with van der Waals surface area (Å²) in [4.78, 5) is 11.2. The summed E-state index contributed by atoms with van der Waals surface area (Å²) in [6.07, 6.45) is 2.42. The van der Waals surface area contributed by atoms with E-state index in [-0.39, 0.29) is 0 Å². The Morgan fingerprint density at radius 3 is 2.68 bits per heavy atom. The Morgan fingerprint density at radius 1 is 1.32 bits per heavy atom. The van der Waals surface area contributed by atoms with E-state index in [1.54, 1.807) is 0 Å². The molecule has 1 rings (SSSR count). The standard InChI is InChI=1S/C14H23N5/c1-4-8-12-17-13(16-5-2)11-14(18-12)19(6-3)10-7-9-15/h11H,4-8,10H2,1-3H3,(H,16,17,18). The second-order valence-electron chi connectivity index (χ2n) is 4.30. The largest absolute Gasteiger partial charge is 0.370 e. The number of nitrogens with one attached hydrogen (secondary N) is 1. The Kier molecular flexibility index (Phi) is 6.65. The van der Waals surface area contributed by atoms with E-state index >= 15 is 0 Å². The molecule has 0 aliphatic carbocycles. The van der Waals surface area contributed by atoms with Gasteiger partial charge in [-0.25, -0.2) is 9.97 Å². The molecule has 0 spiro atoms. The average Bonchev–Trinajstić information content (AvgIpc) is 2.40. The average molecular weight is 261 g/mol. The second-order valence-corrected chi connectivity index (χ2v) is 4.30. The van der Waals surface area contributed by atoms with Gasteiger partial charge in [-0.1, -0.05) is 6.92 Å². The zero-order valence-corrected chi connectivity index (χ0v) is 12.1. The van der Waals surface area contributed by atoms with Crippen molar-refractivity contribution in [1.29, 1.82) is 5.26 Å². The number of aryl methyl sites for hydroxylation is 1. The topological polar surface area (TPSA) is 64.8 Å². The van der Waals surface area contributed by atoms with Crippen molar-refractivity contribution in [3.63, 3.8) is 0 Å². The molecule has 1 heterocycles. The minimum Gasteiger partial charge on any atom is -0.370 e. The number of hydrogen-bond donors (Lipinski definition) is 1. The summed E-state index contributed by atoms with van der Waals surface area (Å²) in [5.74, 6) is 2.64. The van der Waals surface area contributed by atoms with Crippen molar-refractivity contribution < 1.29 is 0 Å². The number of nitrogens with zero attached hydrogens (tertiary/aromatic N) is 4. The maximum Gasteiger partial charge on any atom is 0.134 e. The maximum absolute atomic E-state index is 8.71. The van der Waals surface area contributed by atoms with Gasteiger partial charge in [0.1, 0.15) is 17.5 Å². The van der Waals surface area contributed by atoms with Crippen molar-refractivity contribution in [2.45, 2.75) is 40.0 Å². The number of nitriles is 1. The van der Waals surface area contributed by atoms with Crippen LogP contribution in [0.15, 0.2) is 6.07 Å². The van der Waals surface area contributed by atoms with Gasteiger partial charge in [-0.3, -0.25) is 0 Å². The van der Waals surface area contributed by atoms with Crippen LogP contribution in [0.2, 0.25) is 0 Å². The maximum atomic E-state index is 8.71. The first-order valence-electron chi connectivity index (χ1n) is 6.98. The zero-order valence-electron chi connectivity index (χ0n) is 12.1. The van der Waals surface area contributed by atoms with Gasteiger partial charge in [-0.15, -0.1) is 0 Å². The van der Waals surface area contributed by atoms with Crippen LogP contribution in [0, 0.1) is 11.3 Å². The smallest absolute Gasteiger partial charge is 0.134 e. The predicted octanol–water partition coefficient (Wildman–Crippen LogP) is 2.60. The summed E-state index contributed by atoms with van der Waals surface area (Å²) in [5, 5.41) is 12.0. The fourth-order valence-electron chi connectivity index (χ4n) is 1.87. The van der Waals surface area contributed by atoms with Crippen LogP contribution < -0.4 is 10.2 Å². The molecule has 5 heteroatoms. The highest BCUT2D eigenvalue weighted by atomic mass is 15.2. The van der Waals surface area contributed by atoms with E-state index < -0.39 is 0 Å². The molecule has 0 unspecified atom stereocenters. The number of rotatable bonds is 8. The lowest BCUT2D eigenvalue weighted by Gasteiger charge is -2.21. The Bertz CT molecular complexity index is 400. The molecule has 0 bridgehead atoms. The van der Waals surface area contributed by atoms with Crippen LogP contribution in [0.1, 0.15) is 39.4 Å². The van der Waals surface area contributed by atoms with Gasteiger partial charge in [0.05, 0.1) is 12.5 Å². The highest BCUT2D eigenvalue weighted by Gasteiger charge is 2.09. The summed E-state index contributed by atoms with van der Waals surface area (Å²) in [6.45, 7) is 8.64. The molecule has 0 radical (unpaired) electrons. The number of anilines is 2. The van der Waals surface area contributed by atoms with Crippen LogP contribution in [0.25, 0.3) is 0 Å². The first-order chi connectivity index (χ1) is 9.24. The van der Waals surface area contributed by atoms with Crippen LogP contribution in [0.5, 0.6) is 0 Å². The van der Waals surface area contributed by atoms with Gasteiger partial charge in [-0.05, 0) is 20.3 Å². The summed E-state index contributed by atoms with van der Waals surface area (Å²) in [7, 11) is 0. The van der Waals surface area contributed by atoms with Gasteiger partial charge < -0.3 is 10.2 Å². The zero-order chi connectivity index (χ0) is 14.1. The van der Waals surface area contributed by atoms with Crippen molar-refractivity contribution in [2.75, 3.05) is 29.9 Å². The molecule has 0 saturated carbocycles. The molecule has 0 aromatic carbocycles. The third-order valence-corrected chi connectivity index (χ3v) is 2.79. The lowest BCUT2D eigenvalue weighted by molar-refractivity contribution is 0.780. The first kappa shape index (κ1) is 15.2. The Balaban J connectivity index is 2.98. The third-order valence-electron chi connectivity index (χ3n) is 2.79. The van der Waals surface area contributed by atoms with Crippen LogP contribution in [0.3, 0.4) is 0 Å². The molecular weight excluding hydrogens is 238 g/mol. The van der Waals surface area contributed by atoms with Gasteiger partial charge in [0.15, 0.2) is 0 Å².